The van der Waals surface area contributed by atoms with E-state index in [2.05, 4.69) is 4.18 Å². The number of nitro benzene ring substituents is 2. The number of nitro groups is 2. The Morgan fingerprint density at radius 2 is 1.73 bits per heavy atom. The van der Waals surface area contributed by atoms with E-state index in [-0.39, 0.29) is 19.0 Å². The highest BCUT2D eigenvalue weighted by Gasteiger charge is 2.20. The smallest absolute Gasteiger partial charge is 0.317 e. The van der Waals surface area contributed by atoms with Gasteiger partial charge in [-0.05, 0) is 18.9 Å². The van der Waals surface area contributed by atoms with E-state index in [0.29, 0.717) is 12.8 Å². The minimum absolute atomic E-state index is 0.00938. The molecule has 0 aromatic heterocycles. The average Bonchev–Trinajstić information content (AvgIpc) is 2.41. The normalized spacial score (nSPS) is 11.1. The number of nitrogens with zero attached hydrogens (tertiary/aromatic N) is 2. The molecule has 22 heavy (non-hydrogen) atoms. The Morgan fingerprint density at radius 3 is 2.27 bits per heavy atom. The van der Waals surface area contributed by atoms with E-state index >= 15 is 0 Å². The van der Waals surface area contributed by atoms with Crippen LogP contribution in [0.2, 0.25) is 0 Å². The summed E-state index contributed by atoms with van der Waals surface area (Å²) in [5, 5.41) is 21.4. The SMILES string of the molecule is CS(=O)(=O)OCCCCOc1ccc([N+](=O)[O-])cc1[N+](=O)[O-]. The first-order chi connectivity index (χ1) is 10.2. The Labute approximate surface area is 126 Å². The molecule has 0 fully saturated rings. The molecule has 122 valence electrons. The van der Waals surface area contributed by atoms with Crippen molar-refractivity contribution in [3.05, 3.63) is 38.4 Å². The van der Waals surface area contributed by atoms with Crippen LogP contribution in [0.25, 0.3) is 0 Å². The van der Waals surface area contributed by atoms with Crippen molar-refractivity contribution in [3.63, 3.8) is 0 Å². The van der Waals surface area contributed by atoms with Gasteiger partial charge in [-0.3, -0.25) is 24.4 Å². The quantitative estimate of drug-likeness (QED) is 0.287. The second-order valence-electron chi connectivity index (χ2n) is 4.25. The van der Waals surface area contributed by atoms with E-state index in [0.717, 1.165) is 24.5 Å². The lowest BCUT2D eigenvalue weighted by molar-refractivity contribution is -0.394. The minimum Gasteiger partial charge on any atom is -0.487 e. The van der Waals surface area contributed by atoms with Crippen molar-refractivity contribution < 1.29 is 27.2 Å². The summed E-state index contributed by atoms with van der Waals surface area (Å²) in [6, 6.07) is 3.08. The van der Waals surface area contributed by atoms with Gasteiger partial charge in [0.25, 0.3) is 15.8 Å². The summed E-state index contributed by atoms with van der Waals surface area (Å²) in [5.74, 6) is -0.0837. The second-order valence-corrected chi connectivity index (χ2v) is 5.89. The van der Waals surface area contributed by atoms with Crippen LogP contribution in [0.5, 0.6) is 5.75 Å². The van der Waals surface area contributed by atoms with E-state index in [1.807, 2.05) is 0 Å². The Hall–Kier alpha value is -2.27. The highest BCUT2D eigenvalue weighted by atomic mass is 32.2. The van der Waals surface area contributed by atoms with Crippen LogP contribution in [-0.2, 0) is 14.3 Å². The summed E-state index contributed by atoms with van der Waals surface area (Å²) in [6.45, 7) is 0.0797. The van der Waals surface area contributed by atoms with Gasteiger partial charge in [0.2, 0.25) is 0 Å². The minimum atomic E-state index is -3.49. The topological polar surface area (TPSA) is 139 Å². The number of rotatable bonds is 9. The van der Waals surface area contributed by atoms with Gasteiger partial charge in [-0.2, -0.15) is 8.42 Å². The molecule has 11 heteroatoms. The molecule has 10 nitrogen and oxygen atoms in total. The molecule has 1 aromatic carbocycles. The van der Waals surface area contributed by atoms with Crippen LogP contribution in [0.1, 0.15) is 12.8 Å². The van der Waals surface area contributed by atoms with Crippen molar-refractivity contribution in [1.82, 2.24) is 0 Å². The lowest BCUT2D eigenvalue weighted by Crippen LogP contribution is -2.06. The van der Waals surface area contributed by atoms with Gasteiger partial charge in [0.05, 0.1) is 35.4 Å². The fraction of sp³-hybridized carbons (Fsp3) is 0.455. The maximum absolute atomic E-state index is 10.9. The number of hydrogen-bond acceptors (Lipinski definition) is 8. The van der Waals surface area contributed by atoms with Crippen molar-refractivity contribution >= 4 is 21.5 Å². The van der Waals surface area contributed by atoms with Crippen molar-refractivity contribution in [2.75, 3.05) is 19.5 Å². The van der Waals surface area contributed by atoms with Crippen LogP contribution >= 0.6 is 0 Å². The third kappa shape index (κ3) is 6.01. The van der Waals surface area contributed by atoms with E-state index in [1.165, 1.54) is 0 Å². The largest absolute Gasteiger partial charge is 0.487 e. The van der Waals surface area contributed by atoms with Gasteiger partial charge in [-0.15, -0.1) is 0 Å². The zero-order valence-electron chi connectivity index (χ0n) is 11.6. The maximum Gasteiger partial charge on any atom is 0.317 e. The molecule has 0 radical (unpaired) electrons. The molecular formula is C11H14N2O8S. The molecule has 0 heterocycles. The maximum atomic E-state index is 10.9. The van der Waals surface area contributed by atoms with E-state index in [9.17, 15) is 28.6 Å². The van der Waals surface area contributed by atoms with Crippen LogP contribution in [0.3, 0.4) is 0 Å². The second kappa shape index (κ2) is 7.66. The molecule has 0 spiro atoms. The first kappa shape index (κ1) is 17.8. The predicted octanol–water partition coefficient (Wildman–Crippen LogP) is 1.64. The molecule has 0 N–H and O–H groups in total. The zero-order chi connectivity index (χ0) is 16.8. The first-order valence-electron chi connectivity index (χ1n) is 6.11. The summed E-state index contributed by atoms with van der Waals surface area (Å²) in [6.07, 6.45) is 1.72. The van der Waals surface area contributed by atoms with Crippen LogP contribution in [0.4, 0.5) is 11.4 Å². The van der Waals surface area contributed by atoms with Gasteiger partial charge in [0.15, 0.2) is 5.75 Å². The fourth-order valence-electron chi connectivity index (χ4n) is 1.48. The third-order valence-corrected chi connectivity index (χ3v) is 3.04. The van der Waals surface area contributed by atoms with E-state index < -0.39 is 31.3 Å². The molecule has 0 saturated carbocycles. The molecule has 0 bridgehead atoms. The lowest BCUT2D eigenvalue weighted by atomic mass is 10.2. The molecular weight excluding hydrogens is 320 g/mol. The van der Waals surface area contributed by atoms with Crippen LogP contribution in [-0.4, -0.2) is 37.7 Å². The van der Waals surface area contributed by atoms with Crippen LogP contribution in [0, 0.1) is 20.2 Å². The summed E-state index contributed by atoms with van der Waals surface area (Å²) < 4.78 is 31.1. The highest BCUT2D eigenvalue weighted by molar-refractivity contribution is 7.85. The van der Waals surface area contributed by atoms with Gasteiger partial charge in [0, 0.05) is 6.07 Å². The predicted molar refractivity (Wildman–Crippen MR) is 75.3 cm³/mol. The molecule has 1 rings (SSSR count). The van der Waals surface area contributed by atoms with Gasteiger partial charge in [-0.25, -0.2) is 0 Å². The molecule has 0 aliphatic heterocycles. The first-order valence-corrected chi connectivity index (χ1v) is 7.92. The monoisotopic (exact) mass is 334 g/mol. The summed E-state index contributed by atoms with van der Waals surface area (Å²) >= 11 is 0. The van der Waals surface area contributed by atoms with E-state index in [4.69, 9.17) is 4.74 Å². The summed E-state index contributed by atoms with van der Waals surface area (Å²) in [7, 11) is -3.49. The van der Waals surface area contributed by atoms with Crippen LogP contribution < -0.4 is 4.74 Å². The van der Waals surface area contributed by atoms with Crippen LogP contribution in [0.15, 0.2) is 18.2 Å². The average molecular weight is 334 g/mol. The summed E-state index contributed by atoms with van der Waals surface area (Å²) in [5.41, 5.74) is -0.901. The molecule has 0 amide bonds. The van der Waals surface area contributed by atoms with Crippen molar-refractivity contribution in [2.45, 2.75) is 12.8 Å². The molecule has 1 aromatic rings. The van der Waals surface area contributed by atoms with Gasteiger partial charge >= 0.3 is 5.69 Å². The number of unbranched alkanes of at least 4 members (excludes halogenated alkanes) is 1. The Balaban J connectivity index is 2.55. The number of hydrogen-bond donors (Lipinski definition) is 0. The van der Waals surface area contributed by atoms with Crippen molar-refractivity contribution in [3.8, 4) is 5.75 Å². The Morgan fingerprint density at radius 1 is 1.09 bits per heavy atom. The zero-order valence-corrected chi connectivity index (χ0v) is 12.4. The number of non-ortho nitro benzene ring substituents is 1. The molecule has 0 unspecified atom stereocenters. The van der Waals surface area contributed by atoms with Crippen molar-refractivity contribution in [1.29, 1.82) is 0 Å². The molecule has 0 aliphatic rings. The van der Waals surface area contributed by atoms with Gasteiger partial charge in [-0.1, -0.05) is 0 Å². The standard InChI is InChI=1S/C11H14N2O8S/c1-22(18,19)21-7-3-2-6-20-11-5-4-9(12(14)15)8-10(11)13(16)17/h4-5,8H,2-3,6-7H2,1H3. The Kier molecular flexibility index (Phi) is 6.19. The third-order valence-electron chi connectivity index (χ3n) is 2.44. The number of ether oxygens (including phenoxy) is 1. The summed E-state index contributed by atoms with van der Waals surface area (Å²) in [4.78, 5) is 19.9. The van der Waals surface area contributed by atoms with E-state index in [1.54, 1.807) is 0 Å². The van der Waals surface area contributed by atoms with Crippen molar-refractivity contribution in [2.24, 2.45) is 0 Å². The fourth-order valence-corrected chi connectivity index (χ4v) is 1.90. The highest BCUT2D eigenvalue weighted by Crippen LogP contribution is 2.31. The molecule has 0 atom stereocenters. The van der Waals surface area contributed by atoms with Gasteiger partial charge in [0.1, 0.15) is 0 Å². The van der Waals surface area contributed by atoms with Gasteiger partial charge < -0.3 is 4.74 Å². The Bertz CT molecular complexity index is 658. The number of benzene rings is 1. The molecule has 0 aliphatic carbocycles. The lowest BCUT2D eigenvalue weighted by Gasteiger charge is -2.06. The molecule has 0 saturated heterocycles.